The van der Waals surface area contributed by atoms with Crippen LogP contribution in [0.5, 0.6) is 17.4 Å². The van der Waals surface area contributed by atoms with E-state index in [0.29, 0.717) is 5.75 Å². The molecular formula is C21H16FNO5. The minimum atomic E-state index is -0.789. The summed E-state index contributed by atoms with van der Waals surface area (Å²) < 4.78 is 29.2. The van der Waals surface area contributed by atoms with E-state index in [2.05, 4.69) is 4.98 Å². The van der Waals surface area contributed by atoms with E-state index < -0.39 is 24.2 Å². The number of halogens is 1. The lowest BCUT2D eigenvalue weighted by Crippen LogP contribution is -2.16. The molecule has 0 radical (unpaired) electrons. The molecule has 3 rings (SSSR count). The lowest BCUT2D eigenvalue weighted by molar-refractivity contribution is 0.0470. The van der Waals surface area contributed by atoms with E-state index >= 15 is 0 Å². The molecule has 0 unspecified atom stereocenters. The number of ketones is 1. The van der Waals surface area contributed by atoms with E-state index in [0.717, 1.165) is 6.07 Å². The molecule has 0 saturated carbocycles. The number of carbonyl (C=O) groups is 2. The molecule has 7 heteroatoms. The van der Waals surface area contributed by atoms with Crippen LogP contribution >= 0.6 is 0 Å². The third-order valence-corrected chi connectivity index (χ3v) is 3.75. The van der Waals surface area contributed by atoms with Gasteiger partial charge in [-0.3, -0.25) is 4.79 Å². The van der Waals surface area contributed by atoms with Gasteiger partial charge >= 0.3 is 5.97 Å². The van der Waals surface area contributed by atoms with Gasteiger partial charge in [0, 0.05) is 6.20 Å². The van der Waals surface area contributed by atoms with Crippen LogP contribution in [-0.2, 0) is 4.74 Å². The van der Waals surface area contributed by atoms with Crippen LogP contribution < -0.4 is 9.47 Å². The van der Waals surface area contributed by atoms with Crippen molar-refractivity contribution in [2.75, 3.05) is 13.7 Å². The maximum Gasteiger partial charge on any atom is 0.344 e. The standard InChI is InChI=1S/C21H16FNO5/c1-26-19-10-9-14(22)12-17(19)18(24)13-27-21(25)16-8-5-11-23-20(16)28-15-6-3-2-4-7-15/h2-12H,13H2,1H3. The van der Waals surface area contributed by atoms with Gasteiger partial charge in [-0.15, -0.1) is 0 Å². The highest BCUT2D eigenvalue weighted by atomic mass is 19.1. The van der Waals surface area contributed by atoms with Crippen LogP contribution in [0.2, 0.25) is 0 Å². The van der Waals surface area contributed by atoms with Crippen molar-refractivity contribution in [2.45, 2.75) is 0 Å². The summed E-state index contributed by atoms with van der Waals surface area (Å²) in [5.41, 5.74) is 0.0487. The number of esters is 1. The van der Waals surface area contributed by atoms with Crippen molar-refractivity contribution in [1.29, 1.82) is 0 Å². The molecule has 0 aliphatic carbocycles. The fourth-order valence-electron chi connectivity index (χ4n) is 2.41. The second-order valence-corrected chi connectivity index (χ2v) is 5.62. The number of carbonyl (C=O) groups excluding carboxylic acids is 2. The first kappa shape index (κ1) is 19.0. The summed E-state index contributed by atoms with van der Waals surface area (Å²) in [6.07, 6.45) is 1.47. The van der Waals surface area contributed by atoms with Gasteiger partial charge in [-0.2, -0.15) is 0 Å². The lowest BCUT2D eigenvalue weighted by atomic mass is 10.1. The first-order chi connectivity index (χ1) is 13.6. The normalized spacial score (nSPS) is 10.2. The highest BCUT2D eigenvalue weighted by Gasteiger charge is 2.19. The number of para-hydroxylation sites is 1. The number of aromatic nitrogens is 1. The first-order valence-electron chi connectivity index (χ1n) is 8.30. The monoisotopic (exact) mass is 381 g/mol. The zero-order chi connectivity index (χ0) is 19.9. The van der Waals surface area contributed by atoms with Crippen LogP contribution in [0.25, 0.3) is 0 Å². The average Bonchev–Trinajstić information content (AvgIpc) is 2.73. The maximum atomic E-state index is 13.4. The van der Waals surface area contributed by atoms with Crippen LogP contribution in [0.4, 0.5) is 4.39 Å². The highest BCUT2D eigenvalue weighted by Crippen LogP contribution is 2.24. The number of pyridine rings is 1. The Kier molecular flexibility index (Phi) is 5.96. The Hall–Kier alpha value is -3.74. The number of benzene rings is 2. The van der Waals surface area contributed by atoms with E-state index in [4.69, 9.17) is 14.2 Å². The number of nitrogens with zero attached hydrogens (tertiary/aromatic N) is 1. The smallest absolute Gasteiger partial charge is 0.344 e. The molecule has 0 aliphatic heterocycles. The zero-order valence-electron chi connectivity index (χ0n) is 14.9. The third-order valence-electron chi connectivity index (χ3n) is 3.75. The number of hydrogen-bond donors (Lipinski definition) is 0. The Morgan fingerprint density at radius 1 is 1.00 bits per heavy atom. The van der Waals surface area contributed by atoms with Gasteiger partial charge in [-0.05, 0) is 42.5 Å². The highest BCUT2D eigenvalue weighted by molar-refractivity contribution is 6.01. The molecule has 0 amide bonds. The Bertz CT molecular complexity index is 991. The van der Waals surface area contributed by atoms with Crippen LogP contribution in [0.15, 0.2) is 66.9 Å². The van der Waals surface area contributed by atoms with Crippen LogP contribution in [-0.4, -0.2) is 30.5 Å². The molecule has 0 N–H and O–H groups in total. The number of methoxy groups -OCH3 is 1. The molecule has 0 spiro atoms. The number of ether oxygens (including phenoxy) is 3. The second-order valence-electron chi connectivity index (χ2n) is 5.62. The van der Waals surface area contributed by atoms with Gasteiger partial charge in [0.25, 0.3) is 0 Å². The molecule has 1 heterocycles. The van der Waals surface area contributed by atoms with Crippen molar-refractivity contribution in [3.63, 3.8) is 0 Å². The Labute approximate surface area is 160 Å². The van der Waals surface area contributed by atoms with Crippen LogP contribution in [0, 0.1) is 5.82 Å². The minimum absolute atomic E-state index is 0.0118. The van der Waals surface area contributed by atoms with Crippen molar-refractivity contribution in [3.05, 3.63) is 83.8 Å². The minimum Gasteiger partial charge on any atom is -0.496 e. The topological polar surface area (TPSA) is 74.7 Å². The summed E-state index contributed by atoms with van der Waals surface area (Å²) in [6, 6.07) is 15.4. The molecule has 6 nitrogen and oxygen atoms in total. The SMILES string of the molecule is COc1ccc(F)cc1C(=O)COC(=O)c1cccnc1Oc1ccccc1. The van der Waals surface area contributed by atoms with Crippen LogP contribution in [0.3, 0.4) is 0 Å². The van der Waals surface area contributed by atoms with E-state index in [1.54, 1.807) is 30.3 Å². The van der Waals surface area contributed by atoms with Crippen molar-refractivity contribution >= 4 is 11.8 Å². The van der Waals surface area contributed by atoms with Gasteiger partial charge in [0.2, 0.25) is 11.7 Å². The first-order valence-corrected chi connectivity index (χ1v) is 8.30. The van der Waals surface area contributed by atoms with Gasteiger partial charge in [0.15, 0.2) is 6.61 Å². The fraction of sp³-hybridized carbons (Fsp3) is 0.0952. The molecule has 0 fully saturated rings. The van der Waals surface area contributed by atoms with Crippen molar-refractivity contribution < 1.29 is 28.2 Å². The van der Waals surface area contributed by atoms with Gasteiger partial charge in [-0.1, -0.05) is 18.2 Å². The van der Waals surface area contributed by atoms with Crippen LogP contribution in [0.1, 0.15) is 20.7 Å². The third kappa shape index (κ3) is 4.50. The molecule has 1 aromatic heterocycles. The Morgan fingerprint density at radius 3 is 2.54 bits per heavy atom. The molecule has 28 heavy (non-hydrogen) atoms. The summed E-state index contributed by atoms with van der Waals surface area (Å²) in [5, 5.41) is 0. The summed E-state index contributed by atoms with van der Waals surface area (Å²) in [7, 11) is 1.36. The largest absolute Gasteiger partial charge is 0.496 e. The summed E-state index contributed by atoms with van der Waals surface area (Å²) in [6.45, 7) is -0.585. The van der Waals surface area contributed by atoms with E-state index in [1.807, 2.05) is 6.07 Å². The molecule has 0 saturated heterocycles. The molecule has 2 aromatic carbocycles. The van der Waals surface area contributed by atoms with Crippen molar-refractivity contribution in [1.82, 2.24) is 4.98 Å². The molecule has 0 aliphatic rings. The van der Waals surface area contributed by atoms with Gasteiger partial charge in [-0.25, -0.2) is 14.2 Å². The zero-order valence-corrected chi connectivity index (χ0v) is 14.9. The van der Waals surface area contributed by atoms with Gasteiger partial charge in [0.05, 0.1) is 12.7 Å². The Morgan fingerprint density at radius 2 is 1.79 bits per heavy atom. The molecule has 0 bridgehead atoms. The summed E-state index contributed by atoms with van der Waals surface area (Å²) >= 11 is 0. The number of rotatable bonds is 7. The Balaban J connectivity index is 1.72. The molecular weight excluding hydrogens is 365 g/mol. The van der Waals surface area contributed by atoms with Crippen molar-refractivity contribution in [2.24, 2.45) is 0 Å². The van der Waals surface area contributed by atoms with Crippen molar-refractivity contribution in [3.8, 4) is 17.4 Å². The number of hydrogen-bond acceptors (Lipinski definition) is 6. The average molecular weight is 381 g/mol. The van der Waals surface area contributed by atoms with E-state index in [1.165, 1.54) is 31.5 Å². The number of Topliss-reactive ketones (excluding diaryl/α,β-unsaturated/α-hetero) is 1. The molecule has 0 atom stereocenters. The molecule has 3 aromatic rings. The van der Waals surface area contributed by atoms with Gasteiger partial charge in [0.1, 0.15) is 22.9 Å². The van der Waals surface area contributed by atoms with E-state index in [9.17, 15) is 14.0 Å². The van der Waals surface area contributed by atoms with E-state index in [-0.39, 0.29) is 22.8 Å². The van der Waals surface area contributed by atoms with Gasteiger partial charge < -0.3 is 14.2 Å². The predicted molar refractivity (Wildman–Crippen MR) is 98.3 cm³/mol. The summed E-state index contributed by atoms with van der Waals surface area (Å²) in [5.74, 6) is -1.25. The maximum absolute atomic E-state index is 13.4. The quantitative estimate of drug-likeness (QED) is 0.454. The molecule has 142 valence electrons. The summed E-state index contributed by atoms with van der Waals surface area (Å²) in [4.78, 5) is 28.8. The fourth-order valence-corrected chi connectivity index (χ4v) is 2.41. The second kappa shape index (κ2) is 8.77. The lowest BCUT2D eigenvalue weighted by Gasteiger charge is -2.10. The predicted octanol–water partition coefficient (Wildman–Crippen LogP) is 4.06.